The molecule has 2 nitrogen and oxygen atoms in total. The van der Waals surface area contributed by atoms with Gasteiger partial charge in [0.05, 0.1) is 7.11 Å². The van der Waals surface area contributed by atoms with E-state index in [1.807, 2.05) is 0 Å². The molecular weight excluding hydrogens is 241 g/mol. The number of methoxy groups -OCH3 is 1. The lowest BCUT2D eigenvalue weighted by Crippen LogP contribution is -2.19. The number of benzene rings is 1. The second-order valence-electron chi connectivity index (χ2n) is 4.46. The summed E-state index contributed by atoms with van der Waals surface area (Å²) < 4.78 is 18.2. The quantitative estimate of drug-likeness (QED) is 0.902. The van der Waals surface area contributed by atoms with Crippen molar-refractivity contribution in [1.29, 1.82) is 0 Å². The highest BCUT2D eigenvalue weighted by molar-refractivity contribution is 5.85. The maximum atomic E-state index is 13.2. The van der Waals surface area contributed by atoms with E-state index >= 15 is 0 Å². The topological polar surface area (TPSA) is 35.2 Å². The molecule has 0 bridgehead atoms. The van der Waals surface area contributed by atoms with Crippen molar-refractivity contribution >= 4 is 12.4 Å². The molecule has 1 aromatic carbocycles. The molecule has 4 heteroatoms. The van der Waals surface area contributed by atoms with Crippen molar-refractivity contribution < 1.29 is 9.13 Å². The summed E-state index contributed by atoms with van der Waals surface area (Å²) in [4.78, 5) is 0. The van der Waals surface area contributed by atoms with Crippen LogP contribution in [0.25, 0.3) is 0 Å². The standard InChI is InChI=1S/C13H18FNO.ClH/c1-16-12-8-10(6-7-11(12)14)13(15)9-4-2-3-5-9;/h6-9,13H,2-5,15H2,1H3;1H/t13-;/m1./s1. The van der Waals surface area contributed by atoms with Crippen LogP contribution in [0.3, 0.4) is 0 Å². The van der Waals surface area contributed by atoms with Crippen molar-refractivity contribution in [3.05, 3.63) is 29.6 Å². The van der Waals surface area contributed by atoms with E-state index in [1.165, 1.54) is 38.9 Å². The molecule has 1 saturated carbocycles. The van der Waals surface area contributed by atoms with E-state index in [0.29, 0.717) is 5.92 Å². The van der Waals surface area contributed by atoms with Crippen molar-refractivity contribution in [2.24, 2.45) is 11.7 Å². The van der Waals surface area contributed by atoms with E-state index in [4.69, 9.17) is 10.5 Å². The highest BCUT2D eigenvalue weighted by Crippen LogP contribution is 2.35. The molecule has 0 unspecified atom stereocenters. The maximum Gasteiger partial charge on any atom is 0.165 e. The molecule has 0 radical (unpaired) electrons. The van der Waals surface area contributed by atoms with Gasteiger partial charge in [-0.15, -0.1) is 12.4 Å². The molecule has 0 aliphatic heterocycles. The Labute approximate surface area is 108 Å². The first-order chi connectivity index (χ1) is 7.72. The minimum Gasteiger partial charge on any atom is -0.494 e. The van der Waals surface area contributed by atoms with Crippen LogP contribution >= 0.6 is 12.4 Å². The molecule has 0 aromatic heterocycles. The molecule has 17 heavy (non-hydrogen) atoms. The SMILES string of the molecule is COc1cc([C@H](N)C2CCCC2)ccc1F.Cl. The van der Waals surface area contributed by atoms with Crippen molar-refractivity contribution in [3.63, 3.8) is 0 Å². The monoisotopic (exact) mass is 259 g/mol. The lowest BCUT2D eigenvalue weighted by molar-refractivity contribution is 0.382. The lowest BCUT2D eigenvalue weighted by atomic mass is 9.92. The number of nitrogens with two attached hydrogens (primary N) is 1. The first-order valence-electron chi connectivity index (χ1n) is 5.81. The van der Waals surface area contributed by atoms with Crippen LogP contribution < -0.4 is 10.5 Å². The van der Waals surface area contributed by atoms with Gasteiger partial charge in [0, 0.05) is 6.04 Å². The Balaban J connectivity index is 0.00000144. The van der Waals surface area contributed by atoms with Crippen molar-refractivity contribution in [2.75, 3.05) is 7.11 Å². The molecule has 96 valence electrons. The van der Waals surface area contributed by atoms with Crippen LogP contribution in [-0.4, -0.2) is 7.11 Å². The van der Waals surface area contributed by atoms with Gasteiger partial charge >= 0.3 is 0 Å². The zero-order chi connectivity index (χ0) is 11.5. The molecule has 0 spiro atoms. The average molecular weight is 260 g/mol. The zero-order valence-corrected chi connectivity index (χ0v) is 10.8. The molecule has 0 saturated heterocycles. The third kappa shape index (κ3) is 3.11. The highest BCUT2D eigenvalue weighted by atomic mass is 35.5. The number of halogens is 2. The van der Waals surface area contributed by atoms with Gasteiger partial charge in [-0.2, -0.15) is 0 Å². The van der Waals surface area contributed by atoms with Crippen molar-refractivity contribution in [3.8, 4) is 5.75 Å². The van der Waals surface area contributed by atoms with E-state index < -0.39 is 0 Å². The molecule has 2 N–H and O–H groups in total. The molecule has 2 rings (SSSR count). The molecule has 1 fully saturated rings. The number of hydrogen-bond donors (Lipinski definition) is 1. The third-order valence-corrected chi connectivity index (χ3v) is 3.47. The number of hydrogen-bond acceptors (Lipinski definition) is 2. The van der Waals surface area contributed by atoms with Gasteiger partial charge in [0.25, 0.3) is 0 Å². The van der Waals surface area contributed by atoms with Gasteiger partial charge < -0.3 is 10.5 Å². The lowest BCUT2D eigenvalue weighted by Gasteiger charge is -2.19. The summed E-state index contributed by atoms with van der Waals surface area (Å²) in [7, 11) is 1.48. The Morgan fingerprint density at radius 3 is 2.59 bits per heavy atom. The zero-order valence-electron chi connectivity index (χ0n) is 9.99. The van der Waals surface area contributed by atoms with E-state index in [0.717, 1.165) is 5.56 Å². The molecule has 1 aliphatic carbocycles. The van der Waals surface area contributed by atoms with Gasteiger partial charge in [-0.1, -0.05) is 18.9 Å². The Morgan fingerprint density at radius 2 is 2.00 bits per heavy atom. The first kappa shape index (κ1) is 14.3. The molecule has 0 heterocycles. The Morgan fingerprint density at radius 1 is 1.35 bits per heavy atom. The molecule has 0 amide bonds. The van der Waals surface area contributed by atoms with Crippen LogP contribution in [-0.2, 0) is 0 Å². The van der Waals surface area contributed by atoms with Gasteiger partial charge in [-0.05, 0) is 36.5 Å². The maximum absolute atomic E-state index is 13.2. The highest BCUT2D eigenvalue weighted by Gasteiger charge is 2.23. The molecule has 1 atom stereocenters. The predicted molar refractivity (Wildman–Crippen MR) is 69.1 cm³/mol. The molecular formula is C13H19ClFNO. The van der Waals surface area contributed by atoms with Gasteiger partial charge in [-0.25, -0.2) is 4.39 Å². The second kappa shape index (κ2) is 6.22. The summed E-state index contributed by atoms with van der Waals surface area (Å²) in [6.07, 6.45) is 4.88. The van der Waals surface area contributed by atoms with Crippen LogP contribution in [0, 0.1) is 11.7 Å². The summed E-state index contributed by atoms with van der Waals surface area (Å²) in [5.74, 6) is 0.492. The normalized spacial score (nSPS) is 17.6. The van der Waals surface area contributed by atoms with E-state index in [2.05, 4.69) is 0 Å². The van der Waals surface area contributed by atoms with Crippen LogP contribution in [0.15, 0.2) is 18.2 Å². The smallest absolute Gasteiger partial charge is 0.165 e. The van der Waals surface area contributed by atoms with Crippen LogP contribution in [0.2, 0.25) is 0 Å². The van der Waals surface area contributed by atoms with Gasteiger partial charge in [0.1, 0.15) is 0 Å². The molecule has 1 aliphatic rings. The average Bonchev–Trinajstić information content (AvgIpc) is 2.82. The minimum absolute atomic E-state index is 0. The number of rotatable bonds is 3. The largest absolute Gasteiger partial charge is 0.494 e. The van der Waals surface area contributed by atoms with E-state index in [-0.39, 0.29) is 30.0 Å². The van der Waals surface area contributed by atoms with Gasteiger partial charge in [0.2, 0.25) is 0 Å². The van der Waals surface area contributed by atoms with Crippen LogP contribution in [0.4, 0.5) is 4.39 Å². The summed E-state index contributed by atoms with van der Waals surface area (Å²) >= 11 is 0. The summed E-state index contributed by atoms with van der Waals surface area (Å²) in [6, 6.07) is 4.93. The fourth-order valence-corrected chi connectivity index (χ4v) is 2.47. The minimum atomic E-state index is -0.329. The van der Waals surface area contributed by atoms with Crippen LogP contribution in [0.5, 0.6) is 5.75 Å². The fourth-order valence-electron chi connectivity index (χ4n) is 2.47. The predicted octanol–water partition coefficient (Wildman–Crippen LogP) is 3.45. The first-order valence-corrected chi connectivity index (χ1v) is 5.81. The molecule has 1 aromatic rings. The van der Waals surface area contributed by atoms with Gasteiger partial charge in [-0.3, -0.25) is 0 Å². The van der Waals surface area contributed by atoms with Crippen LogP contribution in [0.1, 0.15) is 37.3 Å². The van der Waals surface area contributed by atoms with E-state index in [9.17, 15) is 4.39 Å². The van der Waals surface area contributed by atoms with E-state index in [1.54, 1.807) is 12.1 Å². The Hall–Kier alpha value is -0.800. The second-order valence-corrected chi connectivity index (χ2v) is 4.46. The summed E-state index contributed by atoms with van der Waals surface area (Å²) in [5.41, 5.74) is 7.17. The Kier molecular flexibility index (Phi) is 5.22. The van der Waals surface area contributed by atoms with Gasteiger partial charge in [0.15, 0.2) is 11.6 Å². The van der Waals surface area contributed by atoms with Crippen molar-refractivity contribution in [1.82, 2.24) is 0 Å². The third-order valence-electron chi connectivity index (χ3n) is 3.47. The summed E-state index contributed by atoms with van der Waals surface area (Å²) in [5, 5.41) is 0. The summed E-state index contributed by atoms with van der Waals surface area (Å²) in [6.45, 7) is 0. The van der Waals surface area contributed by atoms with Crippen molar-refractivity contribution in [2.45, 2.75) is 31.7 Å². The number of ether oxygens (including phenoxy) is 1. The Bertz CT molecular complexity index is 366. The fraction of sp³-hybridized carbons (Fsp3) is 0.538.